The maximum absolute atomic E-state index is 13.2. The van der Waals surface area contributed by atoms with E-state index in [0.29, 0.717) is 19.4 Å². The Bertz CT molecular complexity index is 1120. The zero-order valence-corrected chi connectivity index (χ0v) is 19.8. The van der Waals surface area contributed by atoms with Gasteiger partial charge < -0.3 is 15.6 Å². The van der Waals surface area contributed by atoms with Crippen LogP contribution in [-0.2, 0) is 19.6 Å². The number of carboxylic acid groups (broad SMARTS) is 1. The Labute approximate surface area is 195 Å². The Balaban J connectivity index is 0.00000122. The summed E-state index contributed by atoms with van der Waals surface area (Å²) in [4.78, 5) is 8.65. The summed E-state index contributed by atoms with van der Waals surface area (Å²) in [7, 11) is -3.72. The summed E-state index contributed by atoms with van der Waals surface area (Å²) in [5.41, 5.74) is 7.78. The first-order valence-electron chi connectivity index (χ1n) is 10.8. The summed E-state index contributed by atoms with van der Waals surface area (Å²) in [5, 5.41) is 8.55. The Hall–Kier alpha value is -2.78. The van der Waals surface area contributed by atoms with Crippen molar-refractivity contribution in [1.29, 1.82) is 0 Å². The SMILES string of the molecule is Cc1ccc(S(=O)(=O)N[C@@H](CCCN)COC(C)c2ccccc2)c2ccccc12.O=CO. The van der Waals surface area contributed by atoms with Crippen LogP contribution >= 0.6 is 0 Å². The summed E-state index contributed by atoms with van der Waals surface area (Å²) >= 11 is 0. The van der Waals surface area contributed by atoms with E-state index >= 15 is 0 Å². The van der Waals surface area contributed by atoms with Crippen LogP contribution in [0.2, 0.25) is 0 Å². The molecule has 0 radical (unpaired) electrons. The Morgan fingerprint density at radius 3 is 2.27 bits per heavy atom. The molecule has 3 aromatic rings. The van der Waals surface area contributed by atoms with E-state index in [-0.39, 0.29) is 30.1 Å². The number of ether oxygens (including phenoxy) is 1. The lowest BCUT2D eigenvalue weighted by Gasteiger charge is -2.22. The van der Waals surface area contributed by atoms with E-state index in [1.165, 1.54) is 0 Å². The largest absolute Gasteiger partial charge is 0.483 e. The van der Waals surface area contributed by atoms with Crippen molar-refractivity contribution in [2.75, 3.05) is 13.2 Å². The molecule has 0 saturated heterocycles. The van der Waals surface area contributed by atoms with Crippen molar-refractivity contribution in [3.8, 4) is 0 Å². The smallest absolute Gasteiger partial charge is 0.290 e. The topological polar surface area (TPSA) is 119 Å². The number of carbonyl (C=O) groups is 1. The van der Waals surface area contributed by atoms with E-state index in [4.69, 9.17) is 20.4 Å². The molecule has 178 valence electrons. The van der Waals surface area contributed by atoms with Crippen molar-refractivity contribution in [2.45, 2.75) is 43.7 Å². The van der Waals surface area contributed by atoms with Crippen LogP contribution in [0.4, 0.5) is 0 Å². The van der Waals surface area contributed by atoms with Crippen LogP contribution in [0.15, 0.2) is 71.6 Å². The monoisotopic (exact) mass is 472 g/mol. The minimum Gasteiger partial charge on any atom is -0.483 e. The molecule has 0 amide bonds. The number of hydrogen-bond acceptors (Lipinski definition) is 5. The van der Waals surface area contributed by atoms with Gasteiger partial charge in [0.2, 0.25) is 10.0 Å². The third kappa shape index (κ3) is 7.64. The summed E-state index contributed by atoms with van der Waals surface area (Å²) in [5.74, 6) is 0. The van der Waals surface area contributed by atoms with Crippen molar-refractivity contribution in [3.05, 3.63) is 77.9 Å². The van der Waals surface area contributed by atoms with Crippen LogP contribution in [0, 0.1) is 6.92 Å². The number of benzene rings is 3. The lowest BCUT2D eigenvalue weighted by molar-refractivity contribution is -0.122. The molecule has 0 spiro atoms. The number of sulfonamides is 1. The van der Waals surface area contributed by atoms with Gasteiger partial charge in [-0.05, 0) is 55.8 Å². The highest BCUT2D eigenvalue weighted by Crippen LogP contribution is 2.26. The maximum Gasteiger partial charge on any atom is 0.290 e. The Morgan fingerprint density at radius 2 is 1.64 bits per heavy atom. The third-order valence-electron chi connectivity index (χ3n) is 5.29. The van der Waals surface area contributed by atoms with Gasteiger partial charge in [-0.25, -0.2) is 13.1 Å². The van der Waals surface area contributed by atoms with Gasteiger partial charge in [-0.2, -0.15) is 0 Å². The van der Waals surface area contributed by atoms with Crippen LogP contribution < -0.4 is 10.5 Å². The van der Waals surface area contributed by atoms with Gasteiger partial charge in [-0.3, -0.25) is 4.79 Å². The molecule has 3 aromatic carbocycles. The van der Waals surface area contributed by atoms with Crippen molar-refractivity contribution in [2.24, 2.45) is 5.73 Å². The third-order valence-corrected chi connectivity index (χ3v) is 6.87. The number of fused-ring (bicyclic) bond motifs is 1. The van der Waals surface area contributed by atoms with Crippen molar-refractivity contribution in [3.63, 3.8) is 0 Å². The highest BCUT2D eigenvalue weighted by molar-refractivity contribution is 7.89. The van der Waals surface area contributed by atoms with Crippen LogP contribution in [-0.4, -0.2) is 39.2 Å². The molecule has 0 aliphatic rings. The molecule has 0 aromatic heterocycles. The molecule has 8 heteroatoms. The first-order valence-corrected chi connectivity index (χ1v) is 12.3. The van der Waals surface area contributed by atoms with Crippen LogP contribution in [0.25, 0.3) is 10.8 Å². The molecular formula is C25H32N2O5S. The van der Waals surface area contributed by atoms with Gasteiger partial charge in [0.1, 0.15) is 0 Å². The van der Waals surface area contributed by atoms with Gasteiger partial charge in [-0.15, -0.1) is 0 Å². The van der Waals surface area contributed by atoms with Crippen molar-refractivity contribution < 1.29 is 23.1 Å². The van der Waals surface area contributed by atoms with Gasteiger partial charge in [0, 0.05) is 11.4 Å². The quantitative estimate of drug-likeness (QED) is 0.384. The summed E-state index contributed by atoms with van der Waals surface area (Å²) in [6.45, 7) is 4.48. The number of nitrogens with two attached hydrogens (primary N) is 1. The summed E-state index contributed by atoms with van der Waals surface area (Å²) in [6, 6.07) is 20.6. The Morgan fingerprint density at radius 1 is 1.03 bits per heavy atom. The first kappa shape index (κ1) is 26.5. The number of nitrogens with one attached hydrogen (secondary N) is 1. The number of rotatable bonds is 10. The van der Waals surface area contributed by atoms with Crippen molar-refractivity contribution >= 4 is 27.3 Å². The van der Waals surface area contributed by atoms with E-state index in [9.17, 15) is 8.42 Å². The normalized spacial score (nSPS) is 13.1. The fourth-order valence-corrected chi connectivity index (χ4v) is 5.03. The molecule has 0 fully saturated rings. The second-order valence-corrected chi connectivity index (χ2v) is 9.35. The predicted octanol–water partition coefficient (Wildman–Crippen LogP) is 4.01. The van der Waals surface area contributed by atoms with Gasteiger partial charge in [0.15, 0.2) is 0 Å². The highest BCUT2D eigenvalue weighted by atomic mass is 32.2. The molecule has 3 rings (SSSR count). The lowest BCUT2D eigenvalue weighted by atomic mass is 10.1. The lowest BCUT2D eigenvalue weighted by Crippen LogP contribution is -2.39. The average Bonchev–Trinajstić information content (AvgIpc) is 2.82. The van der Waals surface area contributed by atoms with E-state index in [1.807, 2.05) is 74.5 Å². The van der Waals surface area contributed by atoms with Gasteiger partial charge >= 0.3 is 0 Å². The molecule has 0 bridgehead atoms. The van der Waals surface area contributed by atoms with E-state index < -0.39 is 10.0 Å². The minimum absolute atomic E-state index is 0.128. The molecule has 0 aliphatic carbocycles. The molecule has 1 unspecified atom stereocenters. The number of aryl methyl sites for hydroxylation is 1. The highest BCUT2D eigenvalue weighted by Gasteiger charge is 2.23. The molecule has 0 aliphatic heterocycles. The zero-order chi connectivity index (χ0) is 24.3. The number of hydrogen-bond donors (Lipinski definition) is 3. The molecule has 7 nitrogen and oxygen atoms in total. The summed E-state index contributed by atoms with van der Waals surface area (Å²) < 4.78 is 35.4. The first-order chi connectivity index (χ1) is 15.8. The Kier molecular flexibility index (Phi) is 10.5. The van der Waals surface area contributed by atoms with Crippen molar-refractivity contribution in [1.82, 2.24) is 4.72 Å². The fourth-order valence-electron chi connectivity index (χ4n) is 3.56. The molecule has 33 heavy (non-hydrogen) atoms. The van der Waals surface area contributed by atoms with Gasteiger partial charge in [-0.1, -0.05) is 60.7 Å². The second-order valence-electron chi connectivity index (χ2n) is 7.67. The zero-order valence-electron chi connectivity index (χ0n) is 19.0. The minimum atomic E-state index is -3.72. The van der Waals surface area contributed by atoms with E-state index in [1.54, 1.807) is 6.07 Å². The van der Waals surface area contributed by atoms with Crippen LogP contribution in [0.5, 0.6) is 0 Å². The second kappa shape index (κ2) is 13.1. The molecule has 4 N–H and O–H groups in total. The van der Waals surface area contributed by atoms with E-state index in [0.717, 1.165) is 21.9 Å². The predicted molar refractivity (Wildman–Crippen MR) is 131 cm³/mol. The molecule has 0 heterocycles. The summed E-state index contributed by atoms with van der Waals surface area (Å²) in [6.07, 6.45) is 1.20. The molecule has 0 saturated carbocycles. The van der Waals surface area contributed by atoms with Gasteiger partial charge in [0.05, 0.1) is 17.6 Å². The average molecular weight is 473 g/mol. The van der Waals surface area contributed by atoms with Gasteiger partial charge in [0.25, 0.3) is 6.47 Å². The van der Waals surface area contributed by atoms with Crippen LogP contribution in [0.1, 0.15) is 37.0 Å². The molecule has 2 atom stereocenters. The fraction of sp³-hybridized carbons (Fsp3) is 0.320. The maximum atomic E-state index is 13.2. The standard InChI is InChI=1S/C24H30N2O3S.CH2O2/c1-18-14-15-24(23-13-7-6-12-22(18)23)30(27,28)26-21(11-8-16-25)17-29-19(2)20-9-4-3-5-10-20;2-1-3/h3-7,9-10,12-15,19,21,26H,8,11,16-17,25H2,1-2H3;1H,(H,2,3)/t19?,21-;/m0./s1. The molecular weight excluding hydrogens is 440 g/mol. The van der Waals surface area contributed by atoms with E-state index in [2.05, 4.69) is 4.72 Å². The van der Waals surface area contributed by atoms with Crippen LogP contribution in [0.3, 0.4) is 0 Å².